The van der Waals surface area contributed by atoms with Gasteiger partial charge in [0.2, 0.25) is 0 Å². The van der Waals surface area contributed by atoms with Gasteiger partial charge in [-0.15, -0.1) is 0 Å². The van der Waals surface area contributed by atoms with Crippen molar-refractivity contribution in [3.8, 4) is 0 Å². The van der Waals surface area contributed by atoms with Crippen molar-refractivity contribution in [2.75, 3.05) is 6.61 Å². The Labute approximate surface area is 133 Å². The molecule has 6 atom stereocenters. The van der Waals surface area contributed by atoms with Crippen molar-refractivity contribution >= 4 is 11.8 Å². The first-order valence-corrected chi connectivity index (χ1v) is 8.27. The minimum absolute atomic E-state index is 0.0530. The van der Waals surface area contributed by atoms with E-state index in [0.717, 1.165) is 0 Å². The Kier molecular flexibility index (Phi) is 7.49. The zero-order chi connectivity index (χ0) is 16.9. The van der Waals surface area contributed by atoms with Gasteiger partial charge < -0.3 is 14.9 Å². The number of rotatable bonds is 0. The number of carbonyl (C=O) groups excluding carboxylic acids is 2. The van der Waals surface area contributed by atoms with E-state index < -0.39 is 18.1 Å². The lowest BCUT2D eigenvalue weighted by molar-refractivity contribution is -0.151. The van der Waals surface area contributed by atoms with Gasteiger partial charge in [-0.3, -0.25) is 9.59 Å². The summed E-state index contributed by atoms with van der Waals surface area (Å²) in [7, 11) is 0. The second-order valence-electron chi connectivity index (χ2n) is 7.02. The van der Waals surface area contributed by atoms with Crippen LogP contribution in [0.4, 0.5) is 0 Å². The summed E-state index contributed by atoms with van der Waals surface area (Å²) in [4.78, 5) is 24.1. The molecule has 1 fully saturated rings. The van der Waals surface area contributed by atoms with Crippen molar-refractivity contribution in [2.24, 2.45) is 23.7 Å². The Morgan fingerprint density at radius 3 is 2.32 bits per heavy atom. The summed E-state index contributed by atoms with van der Waals surface area (Å²) in [6, 6.07) is 0. The normalized spacial score (nSPS) is 39.9. The number of cyclic esters (lactones) is 1. The number of hydrogen-bond donors (Lipinski definition) is 2. The molecule has 1 aliphatic rings. The predicted molar refractivity (Wildman–Crippen MR) is 83.1 cm³/mol. The Morgan fingerprint density at radius 2 is 1.68 bits per heavy atom. The highest BCUT2D eigenvalue weighted by Crippen LogP contribution is 2.23. The molecule has 1 aliphatic heterocycles. The Balaban J connectivity index is 2.80. The van der Waals surface area contributed by atoms with Gasteiger partial charge >= 0.3 is 5.97 Å². The number of carbonyl (C=O) groups is 2. The van der Waals surface area contributed by atoms with Crippen molar-refractivity contribution in [3.63, 3.8) is 0 Å². The topological polar surface area (TPSA) is 83.8 Å². The lowest BCUT2D eigenvalue weighted by Gasteiger charge is -2.26. The number of aliphatic hydroxyl groups excluding tert-OH is 2. The van der Waals surface area contributed by atoms with Gasteiger partial charge in [-0.1, -0.05) is 27.7 Å². The smallest absolute Gasteiger partial charge is 0.308 e. The second-order valence-corrected chi connectivity index (χ2v) is 7.02. The van der Waals surface area contributed by atoms with Crippen LogP contribution < -0.4 is 0 Å². The van der Waals surface area contributed by atoms with E-state index in [0.29, 0.717) is 19.3 Å². The summed E-state index contributed by atoms with van der Waals surface area (Å²) in [5.74, 6) is -1.18. The minimum Gasteiger partial charge on any atom is -0.465 e. The molecule has 1 heterocycles. The molecule has 0 bridgehead atoms. The highest BCUT2D eigenvalue weighted by molar-refractivity contribution is 5.81. The minimum atomic E-state index is -0.838. The van der Waals surface area contributed by atoms with Crippen LogP contribution in [0.25, 0.3) is 0 Å². The first kappa shape index (κ1) is 19.1. The Morgan fingerprint density at radius 1 is 1.05 bits per heavy atom. The van der Waals surface area contributed by atoms with Gasteiger partial charge in [-0.05, 0) is 25.2 Å². The average Bonchev–Trinajstić information content (AvgIpc) is 2.46. The molecule has 5 heteroatoms. The molecule has 128 valence electrons. The van der Waals surface area contributed by atoms with Gasteiger partial charge in [-0.25, -0.2) is 0 Å². The maximum absolute atomic E-state index is 12.1. The van der Waals surface area contributed by atoms with E-state index in [9.17, 15) is 19.8 Å². The second kappa shape index (κ2) is 8.63. The highest BCUT2D eigenvalue weighted by atomic mass is 16.5. The Bertz CT molecular complexity index is 381. The lowest BCUT2D eigenvalue weighted by atomic mass is 9.86. The standard InChI is InChI=1S/C17H30O5/c1-10-7-11(2)17(21)22-9-12(3)16(20)13(4)15(19)6-5-14(18)8-10/h10-14,16,18,20H,5-9H2,1-4H3/t10-,11?,12-,13?,14?,16?/m0/s1. The van der Waals surface area contributed by atoms with Crippen LogP contribution in [0, 0.1) is 23.7 Å². The fraction of sp³-hybridized carbons (Fsp3) is 0.882. The molecule has 0 saturated carbocycles. The number of esters is 1. The molecule has 22 heavy (non-hydrogen) atoms. The highest BCUT2D eigenvalue weighted by Gasteiger charge is 2.29. The molecular weight excluding hydrogens is 284 g/mol. The van der Waals surface area contributed by atoms with Crippen molar-refractivity contribution in [3.05, 3.63) is 0 Å². The van der Waals surface area contributed by atoms with Gasteiger partial charge in [0.25, 0.3) is 0 Å². The molecule has 1 rings (SSSR count). The van der Waals surface area contributed by atoms with Crippen LogP contribution in [0.2, 0.25) is 0 Å². The van der Waals surface area contributed by atoms with Crippen LogP contribution in [0.3, 0.4) is 0 Å². The predicted octanol–water partition coefficient (Wildman–Crippen LogP) is 1.94. The van der Waals surface area contributed by atoms with E-state index in [1.165, 1.54) is 0 Å². The molecule has 0 spiro atoms. The molecule has 0 aromatic heterocycles. The first-order valence-electron chi connectivity index (χ1n) is 8.27. The van der Waals surface area contributed by atoms with Crippen molar-refractivity contribution < 1.29 is 24.5 Å². The maximum Gasteiger partial charge on any atom is 0.308 e. The SMILES string of the molecule is CC1C[C@H](C)CC(O)CCC(=O)C(C)C(O)[C@@H](C)COC1=O. The van der Waals surface area contributed by atoms with E-state index in [2.05, 4.69) is 0 Å². The van der Waals surface area contributed by atoms with Gasteiger partial charge in [0.15, 0.2) is 0 Å². The number of ether oxygens (including phenoxy) is 1. The third-order valence-electron chi connectivity index (χ3n) is 4.65. The van der Waals surface area contributed by atoms with E-state index >= 15 is 0 Å². The van der Waals surface area contributed by atoms with Crippen LogP contribution >= 0.6 is 0 Å². The largest absolute Gasteiger partial charge is 0.465 e. The van der Waals surface area contributed by atoms with E-state index in [-0.39, 0.29) is 42.5 Å². The molecule has 0 aromatic rings. The molecule has 5 nitrogen and oxygen atoms in total. The molecule has 1 saturated heterocycles. The van der Waals surface area contributed by atoms with E-state index in [1.807, 2.05) is 13.8 Å². The zero-order valence-corrected chi connectivity index (χ0v) is 14.1. The molecule has 2 N–H and O–H groups in total. The Hall–Kier alpha value is -0.940. The van der Waals surface area contributed by atoms with Crippen LogP contribution in [0.5, 0.6) is 0 Å². The average molecular weight is 314 g/mol. The van der Waals surface area contributed by atoms with Crippen LogP contribution in [-0.4, -0.2) is 40.8 Å². The molecule has 0 radical (unpaired) electrons. The summed E-state index contributed by atoms with van der Waals surface area (Å²) < 4.78 is 5.27. The van der Waals surface area contributed by atoms with Crippen molar-refractivity contribution in [1.82, 2.24) is 0 Å². The van der Waals surface area contributed by atoms with E-state index in [1.54, 1.807) is 13.8 Å². The molecule has 0 aromatic carbocycles. The van der Waals surface area contributed by atoms with Crippen molar-refractivity contribution in [2.45, 2.75) is 65.6 Å². The van der Waals surface area contributed by atoms with E-state index in [4.69, 9.17) is 4.74 Å². The maximum atomic E-state index is 12.1. The molecule has 4 unspecified atom stereocenters. The van der Waals surface area contributed by atoms with Crippen LogP contribution in [0.1, 0.15) is 53.4 Å². The summed E-state index contributed by atoms with van der Waals surface area (Å²) in [6.45, 7) is 7.41. The summed E-state index contributed by atoms with van der Waals surface area (Å²) in [5, 5.41) is 20.2. The molecule has 0 amide bonds. The van der Waals surface area contributed by atoms with Gasteiger partial charge in [0.05, 0.1) is 24.7 Å². The monoisotopic (exact) mass is 314 g/mol. The van der Waals surface area contributed by atoms with Crippen molar-refractivity contribution in [1.29, 1.82) is 0 Å². The van der Waals surface area contributed by atoms with Crippen LogP contribution in [0.15, 0.2) is 0 Å². The van der Waals surface area contributed by atoms with Crippen LogP contribution in [-0.2, 0) is 14.3 Å². The van der Waals surface area contributed by atoms with Gasteiger partial charge in [-0.2, -0.15) is 0 Å². The summed E-state index contributed by atoms with van der Waals surface area (Å²) in [6.07, 6.45) is 0.512. The van der Waals surface area contributed by atoms with Gasteiger partial charge in [0.1, 0.15) is 5.78 Å². The number of hydrogen-bond acceptors (Lipinski definition) is 5. The third kappa shape index (κ3) is 5.69. The fourth-order valence-corrected chi connectivity index (χ4v) is 3.05. The number of Topliss-reactive ketones (excluding diaryl/α,β-unsaturated/α-hetero) is 1. The fourth-order valence-electron chi connectivity index (χ4n) is 3.05. The van der Waals surface area contributed by atoms with Gasteiger partial charge in [0, 0.05) is 18.3 Å². The first-order chi connectivity index (χ1) is 10.2. The zero-order valence-electron chi connectivity index (χ0n) is 14.1. The number of ketones is 1. The molecule has 0 aliphatic carbocycles. The summed E-state index contributed by atoms with van der Waals surface area (Å²) in [5.41, 5.74) is 0. The lowest BCUT2D eigenvalue weighted by Crippen LogP contribution is -2.35. The number of aliphatic hydroxyl groups is 2. The molecular formula is C17H30O5. The third-order valence-corrected chi connectivity index (χ3v) is 4.65. The summed E-state index contributed by atoms with van der Waals surface area (Å²) >= 11 is 0. The quantitative estimate of drug-likeness (QED) is 0.668.